The first-order valence-corrected chi connectivity index (χ1v) is 11.1. The van der Waals surface area contributed by atoms with E-state index in [1.54, 1.807) is 13.8 Å². The van der Waals surface area contributed by atoms with Crippen LogP contribution in [0.25, 0.3) is 0 Å². The Hall–Kier alpha value is -3.31. The van der Waals surface area contributed by atoms with Crippen LogP contribution >= 0.6 is 0 Å². The van der Waals surface area contributed by atoms with Crippen LogP contribution in [0.5, 0.6) is 0 Å². The van der Waals surface area contributed by atoms with Gasteiger partial charge in [0, 0.05) is 18.3 Å². The zero-order chi connectivity index (χ0) is 23.9. The molecule has 0 radical (unpaired) electrons. The Bertz CT molecular complexity index is 1090. The Morgan fingerprint density at radius 2 is 1.66 bits per heavy atom. The molecule has 172 valence electrons. The fraction of sp³-hybridized carbons (Fsp3) is 0.286. The molecule has 0 saturated heterocycles. The highest BCUT2D eigenvalue weighted by Gasteiger charge is 2.31. The van der Waals surface area contributed by atoms with Crippen LogP contribution in [0.15, 0.2) is 53.4 Å². The number of hydrogen-bond donors (Lipinski definition) is 3. The van der Waals surface area contributed by atoms with Crippen molar-refractivity contribution in [1.82, 2.24) is 10.0 Å². The van der Waals surface area contributed by atoms with Gasteiger partial charge in [-0.15, -0.1) is 0 Å². The highest BCUT2D eigenvalue weighted by molar-refractivity contribution is 7.89. The van der Waals surface area contributed by atoms with Crippen LogP contribution in [0, 0.1) is 11.7 Å². The van der Waals surface area contributed by atoms with Crippen molar-refractivity contribution in [3.05, 3.63) is 59.9 Å². The summed E-state index contributed by atoms with van der Waals surface area (Å²) in [4.78, 5) is 35.4. The van der Waals surface area contributed by atoms with E-state index in [0.717, 1.165) is 12.1 Å². The van der Waals surface area contributed by atoms with Crippen molar-refractivity contribution >= 4 is 33.5 Å². The summed E-state index contributed by atoms with van der Waals surface area (Å²) < 4.78 is 45.9. The van der Waals surface area contributed by atoms with Crippen molar-refractivity contribution in [1.29, 1.82) is 0 Å². The van der Waals surface area contributed by atoms with Gasteiger partial charge in [0.25, 0.3) is 11.8 Å². The molecule has 0 spiro atoms. The lowest BCUT2D eigenvalue weighted by Gasteiger charge is -2.21. The minimum atomic E-state index is -4.34. The average molecular weight is 466 g/mol. The van der Waals surface area contributed by atoms with Gasteiger partial charge in [0.15, 0.2) is 6.61 Å². The fourth-order valence-corrected chi connectivity index (χ4v) is 4.03. The summed E-state index contributed by atoms with van der Waals surface area (Å²) in [6, 6.07) is 9.44. The smallest absolute Gasteiger partial charge is 0.324 e. The molecule has 0 aliphatic carbocycles. The molecule has 0 aromatic heterocycles. The highest BCUT2D eigenvalue weighted by Crippen LogP contribution is 2.16. The molecule has 11 heteroatoms. The molecular weight excluding hydrogens is 441 g/mol. The van der Waals surface area contributed by atoms with E-state index in [1.807, 2.05) is 0 Å². The van der Waals surface area contributed by atoms with Gasteiger partial charge in [0.05, 0.1) is 0 Å². The molecule has 0 bridgehead atoms. The van der Waals surface area contributed by atoms with Gasteiger partial charge in [0.2, 0.25) is 10.0 Å². The second kappa shape index (κ2) is 10.8. The van der Waals surface area contributed by atoms with E-state index < -0.39 is 51.2 Å². The second-order valence-electron chi connectivity index (χ2n) is 7.09. The lowest BCUT2D eigenvalue weighted by Crippen LogP contribution is -2.46. The summed E-state index contributed by atoms with van der Waals surface area (Å²) in [5.74, 6) is -3.42. The molecule has 1 atom stereocenters. The van der Waals surface area contributed by atoms with Crippen molar-refractivity contribution in [3.8, 4) is 0 Å². The van der Waals surface area contributed by atoms with Gasteiger partial charge in [-0.1, -0.05) is 26.0 Å². The summed E-state index contributed by atoms with van der Waals surface area (Å²) in [6.45, 7) is 2.48. The monoisotopic (exact) mass is 465 g/mol. The Balaban J connectivity index is 1.99. The molecule has 0 aliphatic heterocycles. The minimum absolute atomic E-state index is 0.283. The van der Waals surface area contributed by atoms with Crippen molar-refractivity contribution in [2.24, 2.45) is 5.92 Å². The summed E-state index contributed by atoms with van der Waals surface area (Å²) in [6.07, 6.45) is 0. The number of hydrogen-bond acceptors (Lipinski definition) is 6. The van der Waals surface area contributed by atoms with Gasteiger partial charge in [-0.3, -0.25) is 14.4 Å². The number of anilines is 1. The third-order valence-corrected chi connectivity index (χ3v) is 5.81. The van der Waals surface area contributed by atoms with Crippen molar-refractivity contribution in [3.63, 3.8) is 0 Å². The largest absolute Gasteiger partial charge is 0.454 e. The Labute approximate surface area is 185 Å². The number of benzene rings is 2. The topological polar surface area (TPSA) is 131 Å². The SMILES string of the molecule is CNC(=O)c1ccc(NC(=O)COC(=O)[C@@H](NS(=O)(=O)c2ccccc2F)C(C)C)cc1. The number of rotatable bonds is 9. The number of carbonyl (C=O) groups excluding carboxylic acids is 3. The summed E-state index contributed by atoms with van der Waals surface area (Å²) in [5.41, 5.74) is 0.776. The number of esters is 1. The first kappa shape index (κ1) is 25.0. The lowest BCUT2D eigenvalue weighted by atomic mass is 10.1. The molecule has 0 saturated carbocycles. The van der Waals surface area contributed by atoms with Crippen LogP contribution in [0.1, 0.15) is 24.2 Å². The Kier molecular flexibility index (Phi) is 8.44. The molecule has 9 nitrogen and oxygen atoms in total. The molecule has 2 aromatic rings. The fourth-order valence-electron chi connectivity index (χ4n) is 2.62. The van der Waals surface area contributed by atoms with Gasteiger partial charge in [-0.05, 0) is 42.3 Å². The number of sulfonamides is 1. The molecule has 2 amide bonds. The molecule has 3 N–H and O–H groups in total. The van der Waals surface area contributed by atoms with E-state index in [9.17, 15) is 27.2 Å². The zero-order valence-corrected chi connectivity index (χ0v) is 18.5. The van der Waals surface area contributed by atoms with Gasteiger partial charge in [0.1, 0.15) is 16.8 Å². The maximum atomic E-state index is 13.9. The van der Waals surface area contributed by atoms with Crippen LogP contribution in [0.3, 0.4) is 0 Å². The van der Waals surface area contributed by atoms with E-state index in [0.29, 0.717) is 11.3 Å². The quantitative estimate of drug-likeness (QED) is 0.483. The standard InChI is InChI=1S/C21H24FN3O6S/c1-13(2)19(25-32(29,30)17-7-5-4-6-16(17)22)21(28)31-12-18(26)24-15-10-8-14(9-11-15)20(27)23-3/h4-11,13,19,25H,12H2,1-3H3,(H,23,27)(H,24,26)/t19-/m0/s1. The molecule has 32 heavy (non-hydrogen) atoms. The van der Waals surface area contributed by atoms with Crippen LogP contribution in [-0.4, -0.2) is 45.9 Å². The first-order valence-electron chi connectivity index (χ1n) is 9.60. The predicted octanol–water partition coefficient (Wildman–Crippen LogP) is 1.67. The first-order chi connectivity index (χ1) is 15.0. The van der Waals surface area contributed by atoms with E-state index in [-0.39, 0.29) is 5.91 Å². The minimum Gasteiger partial charge on any atom is -0.454 e. The van der Waals surface area contributed by atoms with Crippen molar-refractivity contribution in [2.45, 2.75) is 24.8 Å². The van der Waals surface area contributed by atoms with E-state index >= 15 is 0 Å². The molecule has 0 unspecified atom stereocenters. The highest BCUT2D eigenvalue weighted by atomic mass is 32.2. The van der Waals surface area contributed by atoms with Gasteiger partial charge < -0.3 is 15.4 Å². The van der Waals surface area contributed by atoms with Crippen molar-refractivity contribution < 1.29 is 31.9 Å². The number of amides is 2. The van der Waals surface area contributed by atoms with Gasteiger partial charge in [-0.25, -0.2) is 12.8 Å². The molecule has 0 aliphatic rings. The van der Waals surface area contributed by atoms with E-state index in [4.69, 9.17) is 4.74 Å². The van der Waals surface area contributed by atoms with Crippen LogP contribution in [0.4, 0.5) is 10.1 Å². The number of nitrogens with one attached hydrogen (secondary N) is 3. The maximum absolute atomic E-state index is 13.9. The van der Waals surface area contributed by atoms with Crippen LogP contribution in [-0.2, 0) is 24.3 Å². The van der Waals surface area contributed by atoms with Crippen molar-refractivity contribution in [2.75, 3.05) is 19.0 Å². The molecule has 0 fully saturated rings. The third-order valence-electron chi connectivity index (χ3n) is 4.33. The Morgan fingerprint density at radius 3 is 2.22 bits per heavy atom. The molecule has 2 rings (SSSR count). The molecular formula is C21H24FN3O6S. The summed E-state index contributed by atoms with van der Waals surface area (Å²) in [7, 11) is -2.85. The number of carbonyl (C=O) groups is 3. The lowest BCUT2D eigenvalue weighted by molar-refractivity contribution is -0.150. The third kappa shape index (κ3) is 6.59. The average Bonchev–Trinajstić information content (AvgIpc) is 2.75. The van der Waals surface area contributed by atoms with Crippen LogP contribution < -0.4 is 15.4 Å². The Morgan fingerprint density at radius 1 is 1.03 bits per heavy atom. The van der Waals surface area contributed by atoms with Crippen LogP contribution in [0.2, 0.25) is 0 Å². The normalized spacial score (nSPS) is 12.2. The molecule has 0 heterocycles. The predicted molar refractivity (Wildman–Crippen MR) is 115 cm³/mol. The van der Waals surface area contributed by atoms with Gasteiger partial charge in [-0.2, -0.15) is 4.72 Å². The number of halogens is 1. The molecule has 2 aromatic carbocycles. The van der Waals surface area contributed by atoms with Gasteiger partial charge >= 0.3 is 5.97 Å². The summed E-state index contributed by atoms with van der Waals surface area (Å²) >= 11 is 0. The zero-order valence-electron chi connectivity index (χ0n) is 17.7. The second-order valence-corrected chi connectivity index (χ2v) is 8.77. The van der Waals surface area contributed by atoms with E-state index in [1.165, 1.54) is 43.4 Å². The van der Waals surface area contributed by atoms with E-state index in [2.05, 4.69) is 15.4 Å². The summed E-state index contributed by atoms with van der Waals surface area (Å²) in [5, 5.41) is 4.97. The maximum Gasteiger partial charge on any atom is 0.324 e. The number of ether oxygens (including phenoxy) is 1.